The van der Waals surface area contributed by atoms with Crippen molar-refractivity contribution >= 4 is 17.5 Å². The third-order valence-electron chi connectivity index (χ3n) is 3.78. The summed E-state index contributed by atoms with van der Waals surface area (Å²) in [7, 11) is 0. The Balaban J connectivity index is 1.65. The molecule has 2 aromatic carbocycles. The number of aromatic nitrogens is 2. The predicted octanol–water partition coefficient (Wildman–Crippen LogP) is 3.27. The van der Waals surface area contributed by atoms with Gasteiger partial charge in [-0.2, -0.15) is 5.10 Å². The molecule has 1 atom stereocenters. The fourth-order valence-electron chi connectivity index (χ4n) is 2.56. The van der Waals surface area contributed by atoms with Gasteiger partial charge < -0.3 is 16.2 Å². The van der Waals surface area contributed by atoms with E-state index < -0.39 is 5.91 Å². The summed E-state index contributed by atoms with van der Waals surface area (Å²) in [5, 5.41) is 7.90. The first kappa shape index (κ1) is 18.0. The van der Waals surface area contributed by atoms with Gasteiger partial charge in [-0.15, -0.1) is 0 Å². The lowest BCUT2D eigenvalue weighted by molar-refractivity contribution is -0.118. The molecule has 3 rings (SSSR count). The summed E-state index contributed by atoms with van der Waals surface area (Å²) in [6, 6.07) is 16.4. The molecule has 6 nitrogen and oxygen atoms in total. The zero-order valence-corrected chi connectivity index (χ0v) is 14.7. The SMILES string of the molecule is NC(=O)C[C@H](N)Cc1cc(-c2ccc(Oc3ccc(Cl)cc3)cc2)n[nH]1. The Labute approximate surface area is 156 Å². The molecule has 0 radical (unpaired) electrons. The van der Waals surface area contributed by atoms with Crippen molar-refractivity contribution in [3.05, 3.63) is 65.3 Å². The van der Waals surface area contributed by atoms with E-state index in [2.05, 4.69) is 10.2 Å². The van der Waals surface area contributed by atoms with Crippen molar-refractivity contribution in [3.63, 3.8) is 0 Å². The Morgan fingerprint density at radius 2 is 1.73 bits per heavy atom. The van der Waals surface area contributed by atoms with Gasteiger partial charge in [-0.3, -0.25) is 9.89 Å². The molecule has 3 aromatic rings. The zero-order valence-electron chi connectivity index (χ0n) is 14.0. The highest BCUT2D eigenvalue weighted by molar-refractivity contribution is 6.30. The number of nitrogens with zero attached hydrogens (tertiary/aromatic N) is 1. The number of hydrogen-bond donors (Lipinski definition) is 3. The van der Waals surface area contributed by atoms with Crippen LogP contribution in [0.1, 0.15) is 12.1 Å². The average Bonchev–Trinajstić information content (AvgIpc) is 3.05. The van der Waals surface area contributed by atoms with E-state index in [9.17, 15) is 4.79 Å². The van der Waals surface area contributed by atoms with Crippen molar-refractivity contribution in [3.8, 4) is 22.8 Å². The molecule has 0 aliphatic heterocycles. The molecule has 0 aliphatic rings. The topological polar surface area (TPSA) is 107 Å². The number of nitrogens with two attached hydrogens (primary N) is 2. The Morgan fingerprint density at radius 1 is 1.12 bits per heavy atom. The molecule has 1 heterocycles. The summed E-state index contributed by atoms with van der Waals surface area (Å²) in [5.74, 6) is 1.02. The lowest BCUT2D eigenvalue weighted by Crippen LogP contribution is -2.29. The Hall–Kier alpha value is -2.83. The molecule has 1 amide bonds. The lowest BCUT2D eigenvalue weighted by Gasteiger charge is -2.06. The molecule has 0 saturated heterocycles. The number of hydrogen-bond acceptors (Lipinski definition) is 4. The van der Waals surface area contributed by atoms with Gasteiger partial charge in [-0.25, -0.2) is 0 Å². The summed E-state index contributed by atoms with van der Waals surface area (Å²) in [4.78, 5) is 10.9. The highest BCUT2D eigenvalue weighted by Crippen LogP contribution is 2.26. The van der Waals surface area contributed by atoms with Crippen molar-refractivity contribution in [1.29, 1.82) is 0 Å². The normalized spacial score (nSPS) is 11.9. The van der Waals surface area contributed by atoms with E-state index in [1.165, 1.54) is 0 Å². The van der Waals surface area contributed by atoms with Crippen molar-refractivity contribution < 1.29 is 9.53 Å². The molecule has 0 spiro atoms. The van der Waals surface area contributed by atoms with Gasteiger partial charge in [0.05, 0.1) is 5.69 Å². The third kappa shape index (κ3) is 4.84. The summed E-state index contributed by atoms with van der Waals surface area (Å²) in [5.41, 5.74) is 13.6. The Bertz CT molecular complexity index is 875. The van der Waals surface area contributed by atoms with E-state index in [1.54, 1.807) is 12.1 Å². The first-order valence-electron chi connectivity index (χ1n) is 8.11. The number of primary amides is 1. The van der Waals surface area contributed by atoms with Crippen LogP contribution in [0, 0.1) is 0 Å². The van der Waals surface area contributed by atoms with Gasteiger partial charge in [0.25, 0.3) is 0 Å². The maximum absolute atomic E-state index is 10.9. The van der Waals surface area contributed by atoms with Crippen LogP contribution in [0.4, 0.5) is 0 Å². The minimum Gasteiger partial charge on any atom is -0.457 e. The van der Waals surface area contributed by atoms with E-state index in [4.69, 9.17) is 27.8 Å². The quantitative estimate of drug-likeness (QED) is 0.593. The second-order valence-electron chi connectivity index (χ2n) is 5.99. The van der Waals surface area contributed by atoms with Gasteiger partial charge in [0.1, 0.15) is 11.5 Å². The number of carbonyl (C=O) groups is 1. The number of H-pyrrole nitrogens is 1. The average molecular weight is 371 g/mol. The first-order chi connectivity index (χ1) is 12.5. The number of amides is 1. The Morgan fingerprint density at radius 3 is 2.35 bits per heavy atom. The van der Waals surface area contributed by atoms with Crippen LogP contribution >= 0.6 is 11.6 Å². The van der Waals surface area contributed by atoms with Crippen molar-refractivity contribution in [2.45, 2.75) is 18.9 Å². The number of benzene rings is 2. The van der Waals surface area contributed by atoms with Gasteiger partial charge in [0, 0.05) is 35.2 Å². The molecular formula is C19H19ClN4O2. The van der Waals surface area contributed by atoms with E-state index >= 15 is 0 Å². The second-order valence-corrected chi connectivity index (χ2v) is 6.43. The van der Waals surface area contributed by atoms with Crippen LogP contribution in [0.2, 0.25) is 5.02 Å². The van der Waals surface area contributed by atoms with Crippen molar-refractivity contribution in [2.75, 3.05) is 0 Å². The van der Waals surface area contributed by atoms with Crippen LogP contribution in [0.15, 0.2) is 54.6 Å². The predicted molar refractivity (Wildman–Crippen MR) is 101 cm³/mol. The van der Waals surface area contributed by atoms with Crippen LogP contribution in [0.3, 0.4) is 0 Å². The standard InChI is InChI=1S/C19H19ClN4O2/c20-13-3-7-17(8-4-13)26-16-5-1-12(2-6-16)18-11-15(23-24-18)9-14(21)10-19(22)25/h1-8,11,14H,9-10,21H2,(H2,22,25)(H,23,24)/t14-/m1/s1. The summed E-state index contributed by atoms with van der Waals surface area (Å²) in [6.07, 6.45) is 0.652. The van der Waals surface area contributed by atoms with E-state index in [0.29, 0.717) is 17.2 Å². The molecule has 26 heavy (non-hydrogen) atoms. The van der Waals surface area contributed by atoms with Crippen LogP contribution in [0.5, 0.6) is 11.5 Å². The summed E-state index contributed by atoms with van der Waals surface area (Å²) in [6.45, 7) is 0. The van der Waals surface area contributed by atoms with Gasteiger partial charge in [0.15, 0.2) is 0 Å². The fourth-order valence-corrected chi connectivity index (χ4v) is 2.69. The molecule has 0 bridgehead atoms. The van der Waals surface area contributed by atoms with E-state index in [0.717, 1.165) is 22.7 Å². The van der Waals surface area contributed by atoms with Crippen LogP contribution < -0.4 is 16.2 Å². The van der Waals surface area contributed by atoms with E-state index in [-0.39, 0.29) is 12.5 Å². The third-order valence-corrected chi connectivity index (χ3v) is 4.03. The molecule has 0 aliphatic carbocycles. The number of rotatable bonds is 7. The molecule has 1 aromatic heterocycles. The van der Waals surface area contributed by atoms with Crippen LogP contribution in [0.25, 0.3) is 11.3 Å². The molecule has 0 saturated carbocycles. The fraction of sp³-hybridized carbons (Fsp3) is 0.158. The zero-order chi connectivity index (χ0) is 18.5. The molecular weight excluding hydrogens is 352 g/mol. The van der Waals surface area contributed by atoms with Crippen LogP contribution in [-0.4, -0.2) is 22.1 Å². The highest BCUT2D eigenvalue weighted by atomic mass is 35.5. The number of halogens is 1. The molecule has 5 N–H and O–H groups in total. The van der Waals surface area contributed by atoms with Crippen molar-refractivity contribution in [1.82, 2.24) is 10.2 Å². The lowest BCUT2D eigenvalue weighted by atomic mass is 10.1. The number of ether oxygens (including phenoxy) is 1. The van der Waals surface area contributed by atoms with E-state index in [1.807, 2.05) is 42.5 Å². The molecule has 0 unspecified atom stereocenters. The maximum atomic E-state index is 10.9. The Kier molecular flexibility index (Phi) is 5.55. The van der Waals surface area contributed by atoms with Gasteiger partial charge in [-0.05, 0) is 54.6 Å². The largest absolute Gasteiger partial charge is 0.457 e. The second kappa shape index (κ2) is 8.03. The van der Waals surface area contributed by atoms with Crippen LogP contribution in [-0.2, 0) is 11.2 Å². The monoisotopic (exact) mass is 370 g/mol. The van der Waals surface area contributed by atoms with Gasteiger partial charge in [-0.1, -0.05) is 11.6 Å². The summed E-state index contributed by atoms with van der Waals surface area (Å²) < 4.78 is 5.77. The molecule has 7 heteroatoms. The molecule has 134 valence electrons. The minimum atomic E-state index is -0.409. The molecule has 0 fully saturated rings. The summed E-state index contributed by atoms with van der Waals surface area (Å²) >= 11 is 5.87. The smallest absolute Gasteiger partial charge is 0.218 e. The minimum absolute atomic E-state index is 0.144. The first-order valence-corrected chi connectivity index (χ1v) is 8.49. The van der Waals surface area contributed by atoms with Gasteiger partial charge >= 0.3 is 0 Å². The van der Waals surface area contributed by atoms with Crippen molar-refractivity contribution in [2.24, 2.45) is 11.5 Å². The number of nitrogens with one attached hydrogen (secondary N) is 1. The maximum Gasteiger partial charge on any atom is 0.218 e. The van der Waals surface area contributed by atoms with Gasteiger partial charge in [0.2, 0.25) is 5.91 Å². The number of aromatic amines is 1. The highest BCUT2D eigenvalue weighted by Gasteiger charge is 2.11. The number of carbonyl (C=O) groups excluding carboxylic acids is 1.